The first-order chi connectivity index (χ1) is 9.05. The minimum absolute atomic E-state index is 0.0353. The zero-order valence-electron chi connectivity index (χ0n) is 11.9. The maximum absolute atomic E-state index is 12.7. The molecule has 1 fully saturated rings. The number of benzene rings is 1. The lowest BCUT2D eigenvalue weighted by Gasteiger charge is -2.36. The summed E-state index contributed by atoms with van der Waals surface area (Å²) in [5.74, 6) is 0.712. The van der Waals surface area contributed by atoms with Gasteiger partial charge in [0.15, 0.2) is 0 Å². The van der Waals surface area contributed by atoms with Gasteiger partial charge in [0.1, 0.15) is 5.54 Å². The Hall–Kier alpha value is -1.35. The average molecular weight is 260 g/mol. The minimum Gasteiger partial charge on any atom is -0.341 e. The second-order valence-electron chi connectivity index (χ2n) is 5.71. The standard InChI is InChI=1S/C16H24N2O/c1-3-18(12-13-8-7-9-13)15(19)16(2,17)14-10-5-4-6-11-14/h4-6,10-11,13H,3,7-9,12,17H2,1-2H3. The van der Waals surface area contributed by atoms with Crippen LogP contribution in [0.5, 0.6) is 0 Å². The molecule has 3 nitrogen and oxygen atoms in total. The molecule has 1 aliphatic carbocycles. The van der Waals surface area contributed by atoms with E-state index in [0.717, 1.165) is 18.7 Å². The van der Waals surface area contributed by atoms with Gasteiger partial charge in [-0.05, 0) is 38.2 Å². The van der Waals surface area contributed by atoms with Gasteiger partial charge in [-0.15, -0.1) is 0 Å². The Kier molecular flexibility index (Phi) is 4.25. The zero-order valence-corrected chi connectivity index (χ0v) is 11.9. The third-order valence-corrected chi connectivity index (χ3v) is 4.19. The molecule has 0 heterocycles. The molecule has 1 unspecified atom stereocenters. The Balaban J connectivity index is 2.11. The monoisotopic (exact) mass is 260 g/mol. The van der Waals surface area contributed by atoms with E-state index < -0.39 is 5.54 Å². The highest BCUT2D eigenvalue weighted by molar-refractivity contribution is 5.87. The summed E-state index contributed by atoms with van der Waals surface area (Å²) in [5.41, 5.74) is 6.25. The van der Waals surface area contributed by atoms with E-state index in [2.05, 4.69) is 0 Å². The van der Waals surface area contributed by atoms with Crippen molar-refractivity contribution in [1.29, 1.82) is 0 Å². The number of carbonyl (C=O) groups excluding carboxylic acids is 1. The van der Waals surface area contributed by atoms with Gasteiger partial charge in [0, 0.05) is 13.1 Å². The van der Waals surface area contributed by atoms with Gasteiger partial charge in [-0.1, -0.05) is 36.8 Å². The summed E-state index contributed by atoms with van der Waals surface area (Å²) in [5, 5.41) is 0. The van der Waals surface area contributed by atoms with Crippen LogP contribution in [0, 0.1) is 5.92 Å². The first kappa shape index (κ1) is 14.1. The van der Waals surface area contributed by atoms with Gasteiger partial charge in [0.05, 0.1) is 0 Å². The summed E-state index contributed by atoms with van der Waals surface area (Å²) in [6, 6.07) is 9.64. The van der Waals surface area contributed by atoms with E-state index in [1.807, 2.05) is 49.1 Å². The predicted molar refractivity (Wildman–Crippen MR) is 77.6 cm³/mol. The molecule has 1 aromatic carbocycles. The molecule has 1 saturated carbocycles. The highest BCUT2D eigenvalue weighted by Gasteiger charge is 2.35. The predicted octanol–water partition coefficient (Wildman–Crippen LogP) is 2.51. The molecule has 0 aromatic heterocycles. The van der Waals surface area contributed by atoms with E-state index >= 15 is 0 Å². The van der Waals surface area contributed by atoms with Crippen molar-refractivity contribution < 1.29 is 4.79 Å². The van der Waals surface area contributed by atoms with E-state index in [-0.39, 0.29) is 5.91 Å². The number of nitrogens with two attached hydrogens (primary N) is 1. The van der Waals surface area contributed by atoms with Gasteiger partial charge in [-0.3, -0.25) is 4.79 Å². The lowest BCUT2D eigenvalue weighted by atomic mass is 9.84. The van der Waals surface area contributed by atoms with E-state index in [1.165, 1.54) is 19.3 Å². The Morgan fingerprint density at radius 3 is 2.47 bits per heavy atom. The summed E-state index contributed by atoms with van der Waals surface area (Å²) in [4.78, 5) is 14.6. The minimum atomic E-state index is -0.930. The van der Waals surface area contributed by atoms with Crippen LogP contribution in [0.3, 0.4) is 0 Å². The molecule has 0 spiro atoms. The van der Waals surface area contributed by atoms with Crippen molar-refractivity contribution in [2.24, 2.45) is 11.7 Å². The van der Waals surface area contributed by atoms with Crippen LogP contribution in [-0.2, 0) is 10.3 Å². The van der Waals surface area contributed by atoms with Crippen molar-refractivity contribution in [3.05, 3.63) is 35.9 Å². The highest BCUT2D eigenvalue weighted by atomic mass is 16.2. The fourth-order valence-electron chi connectivity index (χ4n) is 2.58. The molecule has 1 aromatic rings. The van der Waals surface area contributed by atoms with Gasteiger partial charge in [0.25, 0.3) is 0 Å². The zero-order chi connectivity index (χ0) is 13.9. The van der Waals surface area contributed by atoms with Crippen LogP contribution in [0.4, 0.5) is 0 Å². The SMILES string of the molecule is CCN(CC1CCC1)C(=O)C(C)(N)c1ccccc1. The Labute approximate surface area is 115 Å². The van der Waals surface area contributed by atoms with Crippen LogP contribution in [-0.4, -0.2) is 23.9 Å². The van der Waals surface area contributed by atoms with E-state index in [4.69, 9.17) is 5.73 Å². The third-order valence-electron chi connectivity index (χ3n) is 4.19. The van der Waals surface area contributed by atoms with Crippen molar-refractivity contribution in [3.63, 3.8) is 0 Å². The number of likely N-dealkylation sites (N-methyl/N-ethyl adjacent to an activating group) is 1. The summed E-state index contributed by atoms with van der Waals surface area (Å²) in [6.07, 6.45) is 3.79. The summed E-state index contributed by atoms with van der Waals surface area (Å²) >= 11 is 0. The van der Waals surface area contributed by atoms with Crippen molar-refractivity contribution in [1.82, 2.24) is 4.90 Å². The number of amides is 1. The second kappa shape index (κ2) is 5.74. The van der Waals surface area contributed by atoms with Crippen LogP contribution in [0.1, 0.15) is 38.7 Å². The molecule has 1 amide bonds. The number of carbonyl (C=O) groups is 1. The fraction of sp³-hybridized carbons (Fsp3) is 0.562. The molecule has 0 bridgehead atoms. The van der Waals surface area contributed by atoms with Gasteiger partial charge in [-0.25, -0.2) is 0 Å². The van der Waals surface area contributed by atoms with Crippen LogP contribution in [0.2, 0.25) is 0 Å². The molecule has 3 heteroatoms. The van der Waals surface area contributed by atoms with Crippen molar-refractivity contribution in [3.8, 4) is 0 Å². The molecule has 0 aliphatic heterocycles. The summed E-state index contributed by atoms with van der Waals surface area (Å²) in [7, 11) is 0. The molecule has 0 radical (unpaired) electrons. The van der Waals surface area contributed by atoms with Gasteiger partial charge < -0.3 is 10.6 Å². The van der Waals surface area contributed by atoms with Gasteiger partial charge >= 0.3 is 0 Å². The normalized spacial score (nSPS) is 18.5. The van der Waals surface area contributed by atoms with Crippen molar-refractivity contribution in [2.45, 2.75) is 38.6 Å². The Bertz CT molecular complexity index is 424. The number of hydrogen-bond acceptors (Lipinski definition) is 2. The number of nitrogens with zero attached hydrogens (tertiary/aromatic N) is 1. The molecule has 0 saturated heterocycles. The first-order valence-electron chi connectivity index (χ1n) is 7.19. The van der Waals surface area contributed by atoms with E-state index in [9.17, 15) is 4.79 Å². The maximum atomic E-state index is 12.7. The largest absolute Gasteiger partial charge is 0.341 e. The topological polar surface area (TPSA) is 46.3 Å². The smallest absolute Gasteiger partial charge is 0.246 e. The van der Waals surface area contributed by atoms with E-state index in [1.54, 1.807) is 0 Å². The lowest BCUT2D eigenvalue weighted by molar-refractivity contribution is -0.137. The molecule has 19 heavy (non-hydrogen) atoms. The summed E-state index contributed by atoms with van der Waals surface area (Å²) in [6.45, 7) is 5.43. The lowest BCUT2D eigenvalue weighted by Crippen LogP contribution is -2.52. The van der Waals surface area contributed by atoms with Gasteiger partial charge in [-0.2, -0.15) is 0 Å². The Morgan fingerprint density at radius 2 is 2.00 bits per heavy atom. The quantitative estimate of drug-likeness (QED) is 0.884. The van der Waals surface area contributed by atoms with Crippen molar-refractivity contribution in [2.75, 3.05) is 13.1 Å². The molecular formula is C16H24N2O. The fourth-order valence-corrected chi connectivity index (χ4v) is 2.58. The van der Waals surface area contributed by atoms with Gasteiger partial charge in [0.2, 0.25) is 5.91 Å². The molecule has 2 N–H and O–H groups in total. The number of hydrogen-bond donors (Lipinski definition) is 1. The Morgan fingerprint density at radius 1 is 1.37 bits per heavy atom. The average Bonchev–Trinajstić information content (AvgIpc) is 2.38. The molecule has 1 atom stereocenters. The molecular weight excluding hydrogens is 236 g/mol. The van der Waals surface area contributed by atoms with E-state index in [0.29, 0.717) is 5.92 Å². The summed E-state index contributed by atoms with van der Waals surface area (Å²) < 4.78 is 0. The first-order valence-corrected chi connectivity index (χ1v) is 7.19. The van der Waals surface area contributed by atoms with Crippen LogP contribution in [0.25, 0.3) is 0 Å². The van der Waals surface area contributed by atoms with Crippen molar-refractivity contribution >= 4 is 5.91 Å². The molecule has 1 aliphatic rings. The molecule has 2 rings (SSSR count). The second-order valence-corrected chi connectivity index (χ2v) is 5.71. The van der Waals surface area contributed by atoms with Crippen LogP contribution < -0.4 is 5.73 Å². The highest BCUT2D eigenvalue weighted by Crippen LogP contribution is 2.28. The molecule has 104 valence electrons. The third kappa shape index (κ3) is 2.98. The van der Waals surface area contributed by atoms with Crippen LogP contribution >= 0.6 is 0 Å². The van der Waals surface area contributed by atoms with Crippen LogP contribution in [0.15, 0.2) is 30.3 Å². The number of rotatable bonds is 5. The maximum Gasteiger partial charge on any atom is 0.246 e.